The van der Waals surface area contributed by atoms with Gasteiger partial charge in [-0.15, -0.1) is 0 Å². The van der Waals surface area contributed by atoms with Crippen molar-refractivity contribution in [1.82, 2.24) is 4.90 Å². The average Bonchev–Trinajstić information content (AvgIpc) is 2.78. The lowest BCUT2D eigenvalue weighted by Gasteiger charge is -2.13. The Kier molecular flexibility index (Phi) is 4.11. The van der Waals surface area contributed by atoms with Crippen molar-refractivity contribution in [1.29, 1.82) is 0 Å². The van der Waals surface area contributed by atoms with Gasteiger partial charge in [-0.05, 0) is 12.1 Å². The number of rotatable bonds is 4. The monoisotopic (exact) mass is 292 g/mol. The van der Waals surface area contributed by atoms with E-state index >= 15 is 0 Å². The molecule has 0 aliphatic carbocycles. The van der Waals surface area contributed by atoms with Crippen LogP contribution in [0.5, 0.6) is 5.75 Å². The van der Waals surface area contributed by atoms with Gasteiger partial charge in [0.05, 0.1) is 24.3 Å². The average molecular weight is 292 g/mol. The molecule has 1 fully saturated rings. The number of carbonyl (C=O) groups excluding carboxylic acids is 2. The minimum atomic E-state index is -1.15. The Morgan fingerprint density at radius 3 is 2.67 bits per heavy atom. The molecule has 1 aromatic rings. The van der Waals surface area contributed by atoms with Crippen molar-refractivity contribution in [3.8, 4) is 5.75 Å². The largest absolute Gasteiger partial charge is 0.497 e. The van der Waals surface area contributed by atoms with Crippen molar-refractivity contribution in [2.45, 2.75) is 6.42 Å². The summed E-state index contributed by atoms with van der Waals surface area (Å²) < 4.78 is 5.02. The number of carboxylic acid groups (broad SMARTS) is 1. The third-order valence-corrected chi connectivity index (χ3v) is 3.43. The Balaban J connectivity index is 2.20. The summed E-state index contributed by atoms with van der Waals surface area (Å²) in [5, 5.41) is 11.7. The van der Waals surface area contributed by atoms with Gasteiger partial charge in [0, 0.05) is 26.1 Å². The maximum Gasteiger partial charge on any atom is 0.337 e. The molecule has 2 amide bonds. The molecule has 1 aliphatic rings. The van der Waals surface area contributed by atoms with Crippen LogP contribution in [0.4, 0.5) is 5.69 Å². The zero-order valence-corrected chi connectivity index (χ0v) is 11.8. The summed E-state index contributed by atoms with van der Waals surface area (Å²) in [5.41, 5.74) is 0.135. The van der Waals surface area contributed by atoms with Crippen LogP contribution < -0.4 is 10.1 Å². The molecule has 1 atom stereocenters. The van der Waals surface area contributed by atoms with Crippen molar-refractivity contribution < 1.29 is 24.2 Å². The smallest absolute Gasteiger partial charge is 0.337 e. The van der Waals surface area contributed by atoms with Crippen LogP contribution in [0.15, 0.2) is 18.2 Å². The normalized spacial score (nSPS) is 17.7. The first-order chi connectivity index (χ1) is 9.92. The minimum Gasteiger partial charge on any atom is -0.497 e. The number of nitrogens with zero attached hydrogens (tertiary/aromatic N) is 1. The lowest BCUT2D eigenvalue weighted by atomic mass is 10.1. The Hall–Kier alpha value is -2.57. The molecule has 2 rings (SSSR count). The number of likely N-dealkylation sites (tertiary alicyclic amines) is 1. The van der Waals surface area contributed by atoms with Gasteiger partial charge in [-0.1, -0.05) is 0 Å². The molecule has 0 bridgehead atoms. The number of carbonyl (C=O) groups is 3. The van der Waals surface area contributed by atoms with Crippen LogP contribution in [-0.2, 0) is 9.59 Å². The van der Waals surface area contributed by atoms with E-state index in [0.717, 1.165) is 0 Å². The van der Waals surface area contributed by atoms with E-state index in [4.69, 9.17) is 9.84 Å². The highest BCUT2D eigenvalue weighted by atomic mass is 16.5. The van der Waals surface area contributed by atoms with Crippen molar-refractivity contribution in [3.05, 3.63) is 23.8 Å². The SMILES string of the molecule is COc1ccc(C(=O)O)c(NC(=O)C2CC(=O)N(C)C2)c1. The molecular weight excluding hydrogens is 276 g/mol. The third kappa shape index (κ3) is 3.13. The van der Waals surface area contributed by atoms with E-state index in [2.05, 4.69) is 5.32 Å². The maximum absolute atomic E-state index is 12.2. The Morgan fingerprint density at radius 2 is 2.14 bits per heavy atom. The highest BCUT2D eigenvalue weighted by Gasteiger charge is 2.32. The van der Waals surface area contributed by atoms with Crippen LogP contribution >= 0.6 is 0 Å². The summed E-state index contributed by atoms with van der Waals surface area (Å²) in [6.45, 7) is 0.330. The fraction of sp³-hybridized carbons (Fsp3) is 0.357. The van der Waals surface area contributed by atoms with Gasteiger partial charge in [-0.2, -0.15) is 0 Å². The first-order valence-corrected chi connectivity index (χ1v) is 6.38. The molecule has 0 aromatic heterocycles. The van der Waals surface area contributed by atoms with Crippen LogP contribution in [0.3, 0.4) is 0 Å². The van der Waals surface area contributed by atoms with E-state index in [9.17, 15) is 14.4 Å². The molecule has 21 heavy (non-hydrogen) atoms. The zero-order valence-electron chi connectivity index (χ0n) is 11.8. The molecular formula is C14H16N2O5. The molecule has 0 saturated carbocycles. The Labute approximate surface area is 121 Å². The van der Waals surface area contributed by atoms with Gasteiger partial charge < -0.3 is 20.1 Å². The van der Waals surface area contributed by atoms with E-state index in [1.165, 1.54) is 30.2 Å². The Bertz CT molecular complexity index is 599. The second-order valence-electron chi connectivity index (χ2n) is 4.88. The van der Waals surface area contributed by atoms with Crippen molar-refractivity contribution in [2.75, 3.05) is 26.0 Å². The molecule has 1 unspecified atom stereocenters. The molecule has 0 spiro atoms. The fourth-order valence-electron chi connectivity index (χ4n) is 2.21. The summed E-state index contributed by atoms with van der Waals surface area (Å²) in [6, 6.07) is 4.32. The summed E-state index contributed by atoms with van der Waals surface area (Å²) in [7, 11) is 3.08. The van der Waals surface area contributed by atoms with Gasteiger partial charge in [-0.3, -0.25) is 9.59 Å². The molecule has 1 saturated heterocycles. The minimum absolute atomic E-state index is 0.0261. The van der Waals surface area contributed by atoms with E-state index in [-0.39, 0.29) is 29.5 Å². The van der Waals surface area contributed by atoms with Gasteiger partial charge in [-0.25, -0.2) is 4.79 Å². The summed E-state index contributed by atoms with van der Waals surface area (Å²) in [4.78, 5) is 36.3. The van der Waals surface area contributed by atoms with Gasteiger partial charge >= 0.3 is 5.97 Å². The molecule has 0 radical (unpaired) electrons. The molecule has 1 heterocycles. The quantitative estimate of drug-likeness (QED) is 0.856. The number of aromatic carboxylic acids is 1. The first-order valence-electron chi connectivity index (χ1n) is 6.38. The van der Waals surface area contributed by atoms with Crippen LogP contribution in [0.2, 0.25) is 0 Å². The number of hydrogen-bond acceptors (Lipinski definition) is 4. The van der Waals surface area contributed by atoms with E-state index in [1.807, 2.05) is 0 Å². The van der Waals surface area contributed by atoms with Gasteiger partial charge in [0.1, 0.15) is 5.75 Å². The maximum atomic E-state index is 12.2. The second kappa shape index (κ2) is 5.82. The molecule has 1 aliphatic heterocycles. The van der Waals surface area contributed by atoms with Crippen LogP contribution in [-0.4, -0.2) is 48.5 Å². The molecule has 7 nitrogen and oxygen atoms in total. The van der Waals surface area contributed by atoms with Crippen molar-refractivity contribution >= 4 is 23.5 Å². The van der Waals surface area contributed by atoms with Crippen molar-refractivity contribution in [3.63, 3.8) is 0 Å². The predicted octanol–water partition coefficient (Wildman–Crippen LogP) is 0.810. The fourth-order valence-corrected chi connectivity index (χ4v) is 2.21. The molecule has 2 N–H and O–H groups in total. The lowest BCUT2D eigenvalue weighted by molar-refractivity contribution is -0.127. The summed E-state index contributed by atoms with van der Waals surface area (Å²) >= 11 is 0. The van der Waals surface area contributed by atoms with E-state index in [0.29, 0.717) is 12.3 Å². The number of anilines is 1. The standard InChI is InChI=1S/C14H16N2O5/c1-16-7-8(5-12(16)17)13(18)15-11-6-9(21-2)3-4-10(11)14(19)20/h3-4,6,8H,5,7H2,1-2H3,(H,15,18)(H,19,20). The van der Waals surface area contributed by atoms with Crippen molar-refractivity contribution in [2.24, 2.45) is 5.92 Å². The highest BCUT2D eigenvalue weighted by Crippen LogP contribution is 2.25. The summed E-state index contributed by atoms with van der Waals surface area (Å²) in [6.07, 6.45) is 0.134. The van der Waals surface area contributed by atoms with Gasteiger partial charge in [0.2, 0.25) is 11.8 Å². The van der Waals surface area contributed by atoms with Crippen LogP contribution in [0.25, 0.3) is 0 Å². The third-order valence-electron chi connectivity index (χ3n) is 3.43. The van der Waals surface area contributed by atoms with Crippen LogP contribution in [0.1, 0.15) is 16.8 Å². The van der Waals surface area contributed by atoms with Gasteiger partial charge in [0.15, 0.2) is 0 Å². The Morgan fingerprint density at radius 1 is 1.43 bits per heavy atom. The lowest BCUT2D eigenvalue weighted by Crippen LogP contribution is -2.26. The predicted molar refractivity (Wildman–Crippen MR) is 74.3 cm³/mol. The number of methoxy groups -OCH3 is 1. The zero-order chi connectivity index (χ0) is 15.6. The van der Waals surface area contributed by atoms with Crippen LogP contribution in [0, 0.1) is 5.92 Å². The number of ether oxygens (including phenoxy) is 1. The topological polar surface area (TPSA) is 95.9 Å². The number of amides is 2. The number of nitrogens with one attached hydrogen (secondary N) is 1. The van der Waals surface area contributed by atoms with E-state index < -0.39 is 11.9 Å². The second-order valence-corrected chi connectivity index (χ2v) is 4.88. The highest BCUT2D eigenvalue weighted by molar-refractivity contribution is 6.03. The molecule has 7 heteroatoms. The molecule has 112 valence electrons. The number of hydrogen-bond donors (Lipinski definition) is 2. The summed E-state index contributed by atoms with van der Waals surface area (Å²) in [5.74, 6) is -1.65. The number of benzene rings is 1. The number of carboxylic acids is 1. The van der Waals surface area contributed by atoms with Gasteiger partial charge in [0.25, 0.3) is 0 Å². The molecule has 1 aromatic carbocycles. The first kappa shape index (κ1) is 14.8. The van der Waals surface area contributed by atoms with E-state index in [1.54, 1.807) is 7.05 Å².